The van der Waals surface area contributed by atoms with Crippen molar-refractivity contribution < 1.29 is 9.90 Å². The van der Waals surface area contributed by atoms with Crippen LogP contribution in [0.25, 0.3) is 0 Å². The van der Waals surface area contributed by atoms with Gasteiger partial charge in [-0.1, -0.05) is 54.1 Å². The molecule has 28 heavy (non-hydrogen) atoms. The van der Waals surface area contributed by atoms with E-state index in [1.54, 1.807) is 0 Å². The number of aliphatic hydroxyl groups excluding tert-OH is 1. The fraction of sp³-hybridized carbons (Fsp3) is 0.435. The predicted octanol–water partition coefficient (Wildman–Crippen LogP) is 3.29. The lowest BCUT2D eigenvalue weighted by atomic mass is 9.60. The van der Waals surface area contributed by atoms with Crippen molar-refractivity contribution in [2.24, 2.45) is 5.92 Å². The maximum atomic E-state index is 13.0. The molecule has 2 atom stereocenters. The monoisotopic (exact) mass is 396 g/mol. The van der Waals surface area contributed by atoms with Gasteiger partial charge in [0, 0.05) is 36.5 Å². The van der Waals surface area contributed by atoms with Crippen LogP contribution in [0, 0.1) is 5.92 Å². The number of carbonyl (C=O) groups is 1. The first-order valence-corrected chi connectivity index (χ1v) is 10.5. The van der Waals surface area contributed by atoms with Crippen molar-refractivity contribution in [1.82, 2.24) is 9.80 Å². The lowest BCUT2D eigenvalue weighted by molar-refractivity contribution is -0.202. The minimum absolute atomic E-state index is 0.0219. The number of amides is 1. The molecule has 5 heteroatoms. The smallest absolute Gasteiger partial charge is 0.226 e. The molecule has 146 valence electrons. The Bertz CT molecular complexity index is 877. The van der Waals surface area contributed by atoms with Gasteiger partial charge in [0.15, 0.2) is 0 Å². The van der Waals surface area contributed by atoms with Crippen LogP contribution in [-0.4, -0.2) is 52.1 Å². The standard InChI is InChI=1S/C23H25ClN2O2/c24-19-8-4-5-16(11-19)12-25-14-23(15-25)21(17-6-2-1-3-7-17)20(13-27)26(23)22(28)18-9-10-18/h1-8,11,18,20-21,27H,9-10,12-15H2/t20-,21+/m0/s1. The van der Waals surface area contributed by atoms with E-state index in [9.17, 15) is 9.90 Å². The van der Waals surface area contributed by atoms with E-state index in [1.807, 2.05) is 41.3 Å². The van der Waals surface area contributed by atoms with Gasteiger partial charge in [0.25, 0.3) is 0 Å². The number of hydrogen-bond donors (Lipinski definition) is 1. The third-order valence-corrected chi connectivity index (χ3v) is 6.81. The summed E-state index contributed by atoms with van der Waals surface area (Å²) < 4.78 is 0. The van der Waals surface area contributed by atoms with Gasteiger partial charge >= 0.3 is 0 Å². The molecule has 0 unspecified atom stereocenters. The average molecular weight is 397 g/mol. The molecule has 1 amide bonds. The summed E-state index contributed by atoms with van der Waals surface area (Å²) in [6, 6.07) is 18.2. The number of nitrogens with zero attached hydrogens (tertiary/aromatic N) is 2. The van der Waals surface area contributed by atoms with E-state index in [4.69, 9.17) is 11.6 Å². The van der Waals surface area contributed by atoms with Crippen molar-refractivity contribution in [3.63, 3.8) is 0 Å². The van der Waals surface area contributed by atoms with Crippen LogP contribution < -0.4 is 0 Å². The van der Waals surface area contributed by atoms with Crippen molar-refractivity contribution in [2.45, 2.75) is 36.9 Å². The highest BCUT2D eigenvalue weighted by molar-refractivity contribution is 6.30. The summed E-state index contributed by atoms with van der Waals surface area (Å²) in [6.07, 6.45) is 1.98. The second-order valence-electron chi connectivity index (χ2n) is 8.50. The predicted molar refractivity (Wildman–Crippen MR) is 109 cm³/mol. The summed E-state index contributed by atoms with van der Waals surface area (Å²) in [5, 5.41) is 10.9. The van der Waals surface area contributed by atoms with Gasteiger partial charge in [-0.15, -0.1) is 0 Å². The Morgan fingerprint density at radius 3 is 2.50 bits per heavy atom. The molecule has 4 nitrogen and oxygen atoms in total. The molecule has 2 aromatic rings. The van der Waals surface area contributed by atoms with Crippen LogP contribution in [0.15, 0.2) is 54.6 Å². The summed E-state index contributed by atoms with van der Waals surface area (Å²) >= 11 is 6.13. The minimum Gasteiger partial charge on any atom is -0.394 e. The quantitative estimate of drug-likeness (QED) is 0.843. The zero-order valence-electron chi connectivity index (χ0n) is 15.8. The van der Waals surface area contributed by atoms with Gasteiger partial charge in [-0.05, 0) is 36.1 Å². The van der Waals surface area contributed by atoms with Gasteiger partial charge < -0.3 is 10.0 Å². The average Bonchev–Trinajstić information content (AvgIpc) is 3.49. The zero-order chi connectivity index (χ0) is 19.3. The highest BCUT2D eigenvalue weighted by Gasteiger charge is 2.67. The Hall–Kier alpha value is -1.88. The molecular formula is C23H25ClN2O2. The van der Waals surface area contributed by atoms with E-state index in [0.717, 1.165) is 37.5 Å². The minimum atomic E-state index is -0.188. The van der Waals surface area contributed by atoms with Gasteiger partial charge in [-0.2, -0.15) is 0 Å². The van der Waals surface area contributed by atoms with Crippen LogP contribution in [-0.2, 0) is 11.3 Å². The maximum Gasteiger partial charge on any atom is 0.226 e. The van der Waals surface area contributed by atoms with Crippen LogP contribution in [0.5, 0.6) is 0 Å². The van der Waals surface area contributed by atoms with Crippen LogP contribution in [0.3, 0.4) is 0 Å². The summed E-state index contributed by atoms with van der Waals surface area (Å²) in [5.74, 6) is 0.607. The van der Waals surface area contributed by atoms with E-state index in [1.165, 1.54) is 11.1 Å². The molecule has 2 saturated heterocycles. The van der Waals surface area contributed by atoms with E-state index < -0.39 is 0 Å². The molecule has 1 saturated carbocycles. The van der Waals surface area contributed by atoms with Crippen molar-refractivity contribution in [1.29, 1.82) is 0 Å². The fourth-order valence-electron chi connectivity index (χ4n) is 5.28. The highest BCUT2D eigenvalue weighted by atomic mass is 35.5. The molecule has 2 aromatic carbocycles. The largest absolute Gasteiger partial charge is 0.394 e. The van der Waals surface area contributed by atoms with Gasteiger partial charge in [-0.25, -0.2) is 0 Å². The summed E-state index contributed by atoms with van der Waals surface area (Å²) in [6.45, 7) is 2.54. The van der Waals surface area contributed by atoms with Crippen molar-refractivity contribution in [3.8, 4) is 0 Å². The summed E-state index contributed by atoms with van der Waals surface area (Å²) in [4.78, 5) is 17.4. The van der Waals surface area contributed by atoms with E-state index in [0.29, 0.717) is 0 Å². The normalized spacial score (nSPS) is 26.0. The van der Waals surface area contributed by atoms with Crippen LogP contribution in [0.4, 0.5) is 0 Å². The van der Waals surface area contributed by atoms with E-state index in [-0.39, 0.29) is 35.9 Å². The van der Waals surface area contributed by atoms with Gasteiger partial charge in [0.05, 0.1) is 18.2 Å². The van der Waals surface area contributed by atoms with Gasteiger partial charge in [0.2, 0.25) is 5.91 Å². The molecule has 1 N–H and O–H groups in total. The molecule has 0 radical (unpaired) electrons. The molecular weight excluding hydrogens is 372 g/mol. The van der Waals surface area contributed by atoms with Crippen molar-refractivity contribution in [3.05, 3.63) is 70.7 Å². The first-order chi connectivity index (χ1) is 13.6. The second-order valence-corrected chi connectivity index (χ2v) is 8.94. The summed E-state index contributed by atoms with van der Waals surface area (Å²) in [5.41, 5.74) is 2.23. The first kappa shape index (κ1) is 18.2. The third-order valence-electron chi connectivity index (χ3n) is 6.57. The maximum absolute atomic E-state index is 13.0. The molecule has 0 bridgehead atoms. The Labute approximate surface area is 170 Å². The van der Waals surface area contributed by atoms with Crippen molar-refractivity contribution in [2.75, 3.05) is 19.7 Å². The number of carbonyl (C=O) groups excluding carboxylic acids is 1. The second kappa shape index (κ2) is 6.87. The summed E-state index contributed by atoms with van der Waals surface area (Å²) in [7, 11) is 0. The molecule has 1 spiro atoms. The molecule has 2 heterocycles. The molecule has 1 aliphatic carbocycles. The number of hydrogen-bond acceptors (Lipinski definition) is 3. The van der Waals surface area contributed by atoms with E-state index >= 15 is 0 Å². The van der Waals surface area contributed by atoms with Crippen LogP contribution in [0.1, 0.15) is 29.9 Å². The molecule has 3 aliphatic rings. The fourth-order valence-corrected chi connectivity index (χ4v) is 5.49. The molecule has 0 aromatic heterocycles. The first-order valence-electron chi connectivity index (χ1n) is 10.1. The lowest BCUT2D eigenvalue weighted by Crippen LogP contribution is -2.85. The van der Waals surface area contributed by atoms with E-state index in [2.05, 4.69) is 23.1 Å². The Kier molecular flexibility index (Phi) is 4.46. The zero-order valence-corrected chi connectivity index (χ0v) is 16.6. The molecule has 2 aliphatic heterocycles. The Balaban J connectivity index is 1.40. The SMILES string of the molecule is O=C(C1CC1)N1[C@@H](CO)[C@@H](c2ccccc2)C12CN(Cc1cccc(Cl)c1)C2. The Morgan fingerprint density at radius 1 is 1.11 bits per heavy atom. The molecule has 3 fully saturated rings. The highest BCUT2D eigenvalue weighted by Crippen LogP contribution is 2.55. The number of benzene rings is 2. The Morgan fingerprint density at radius 2 is 1.86 bits per heavy atom. The lowest BCUT2D eigenvalue weighted by Gasteiger charge is -2.71. The molecule has 5 rings (SSSR count). The third kappa shape index (κ3) is 2.86. The van der Waals surface area contributed by atoms with Crippen LogP contribution >= 0.6 is 11.6 Å². The topological polar surface area (TPSA) is 43.8 Å². The number of halogens is 1. The number of likely N-dealkylation sites (tertiary alicyclic amines) is 2. The van der Waals surface area contributed by atoms with Crippen molar-refractivity contribution >= 4 is 17.5 Å². The number of aliphatic hydroxyl groups is 1. The number of rotatable bonds is 5. The van der Waals surface area contributed by atoms with Gasteiger partial charge in [0.1, 0.15) is 0 Å². The van der Waals surface area contributed by atoms with Gasteiger partial charge in [-0.3, -0.25) is 9.69 Å². The van der Waals surface area contributed by atoms with Crippen LogP contribution in [0.2, 0.25) is 5.02 Å².